The van der Waals surface area contributed by atoms with E-state index in [1.807, 2.05) is 48.5 Å². The van der Waals surface area contributed by atoms with Gasteiger partial charge in [-0.25, -0.2) is 0 Å². The number of pyridine rings is 1. The van der Waals surface area contributed by atoms with Crippen LogP contribution in [0.5, 0.6) is 0 Å². The molecule has 0 spiro atoms. The lowest BCUT2D eigenvalue weighted by Crippen LogP contribution is -2.50. The number of carbonyl (C=O) groups is 2. The molecule has 1 aromatic heterocycles. The van der Waals surface area contributed by atoms with Gasteiger partial charge >= 0.3 is 0 Å². The quantitative estimate of drug-likeness (QED) is 0.657. The van der Waals surface area contributed by atoms with Crippen LogP contribution in [0, 0.1) is 0 Å². The first kappa shape index (κ1) is 20.8. The van der Waals surface area contributed by atoms with Crippen molar-refractivity contribution in [3.8, 4) is 0 Å². The SMILES string of the molecule is CC(C)c1ccc(C(=O)N2CCN(C(=O)c3cc(=O)n(C)c4ccccc34)CC2)cc1. The van der Waals surface area contributed by atoms with Gasteiger partial charge in [-0.15, -0.1) is 0 Å². The molecule has 2 heterocycles. The predicted molar refractivity (Wildman–Crippen MR) is 122 cm³/mol. The van der Waals surface area contributed by atoms with E-state index in [2.05, 4.69) is 13.8 Å². The molecule has 0 N–H and O–H groups in total. The summed E-state index contributed by atoms with van der Waals surface area (Å²) in [6.07, 6.45) is 0. The third kappa shape index (κ3) is 3.98. The van der Waals surface area contributed by atoms with E-state index in [0.717, 1.165) is 10.9 Å². The Morgan fingerprint density at radius 2 is 1.42 bits per heavy atom. The van der Waals surface area contributed by atoms with E-state index in [1.54, 1.807) is 21.4 Å². The largest absolute Gasteiger partial charge is 0.335 e. The molecule has 6 heteroatoms. The Morgan fingerprint density at radius 3 is 2.03 bits per heavy atom. The molecule has 0 unspecified atom stereocenters. The molecule has 1 saturated heterocycles. The molecule has 4 rings (SSSR count). The van der Waals surface area contributed by atoms with Crippen molar-refractivity contribution in [1.29, 1.82) is 0 Å². The highest BCUT2D eigenvalue weighted by molar-refractivity contribution is 6.06. The Kier molecular flexibility index (Phi) is 5.63. The second-order valence-electron chi connectivity index (χ2n) is 8.33. The van der Waals surface area contributed by atoms with Crippen LogP contribution in [0.25, 0.3) is 10.9 Å². The molecule has 2 aromatic carbocycles. The lowest BCUT2D eigenvalue weighted by molar-refractivity contribution is 0.0536. The fourth-order valence-electron chi connectivity index (χ4n) is 4.06. The summed E-state index contributed by atoms with van der Waals surface area (Å²) >= 11 is 0. The van der Waals surface area contributed by atoms with Crippen LogP contribution in [0.15, 0.2) is 59.4 Å². The molecular formula is C25H27N3O3. The first-order valence-corrected chi connectivity index (χ1v) is 10.6. The van der Waals surface area contributed by atoms with Crippen LogP contribution in [0.3, 0.4) is 0 Å². The van der Waals surface area contributed by atoms with Crippen LogP contribution < -0.4 is 5.56 Å². The second-order valence-corrected chi connectivity index (χ2v) is 8.33. The van der Waals surface area contributed by atoms with Gasteiger partial charge in [0.25, 0.3) is 17.4 Å². The van der Waals surface area contributed by atoms with Crippen molar-refractivity contribution >= 4 is 22.7 Å². The average molecular weight is 418 g/mol. The summed E-state index contributed by atoms with van der Waals surface area (Å²) in [6.45, 7) is 6.08. The van der Waals surface area contributed by atoms with Gasteiger partial charge in [-0.1, -0.05) is 44.2 Å². The van der Waals surface area contributed by atoms with Crippen LogP contribution in [0.1, 0.15) is 46.0 Å². The zero-order chi connectivity index (χ0) is 22.1. The molecule has 3 aromatic rings. The Balaban J connectivity index is 1.48. The van der Waals surface area contributed by atoms with Gasteiger partial charge in [0.2, 0.25) is 0 Å². The van der Waals surface area contributed by atoms with Crippen molar-refractivity contribution in [1.82, 2.24) is 14.4 Å². The van der Waals surface area contributed by atoms with E-state index in [0.29, 0.717) is 43.2 Å². The third-order valence-corrected chi connectivity index (χ3v) is 6.06. The predicted octanol–water partition coefficient (Wildman–Crippen LogP) is 3.26. The van der Waals surface area contributed by atoms with Gasteiger partial charge in [0.1, 0.15) is 0 Å². The highest BCUT2D eigenvalue weighted by Gasteiger charge is 2.27. The molecule has 160 valence electrons. The number of hydrogen-bond donors (Lipinski definition) is 0. The molecule has 0 radical (unpaired) electrons. The third-order valence-electron chi connectivity index (χ3n) is 6.06. The van der Waals surface area contributed by atoms with E-state index in [4.69, 9.17) is 0 Å². The number of amides is 2. The summed E-state index contributed by atoms with van der Waals surface area (Å²) < 4.78 is 1.55. The van der Waals surface area contributed by atoms with E-state index in [1.165, 1.54) is 11.6 Å². The summed E-state index contributed by atoms with van der Waals surface area (Å²) in [5.74, 6) is 0.244. The zero-order valence-electron chi connectivity index (χ0n) is 18.2. The number of rotatable bonds is 3. The molecule has 0 bridgehead atoms. The van der Waals surface area contributed by atoms with Crippen molar-refractivity contribution in [3.63, 3.8) is 0 Å². The van der Waals surface area contributed by atoms with Gasteiger partial charge in [0, 0.05) is 50.2 Å². The second kappa shape index (κ2) is 8.38. The van der Waals surface area contributed by atoms with Crippen LogP contribution in [-0.4, -0.2) is 52.4 Å². The number of hydrogen-bond acceptors (Lipinski definition) is 3. The van der Waals surface area contributed by atoms with E-state index in [9.17, 15) is 14.4 Å². The molecule has 0 atom stereocenters. The van der Waals surface area contributed by atoms with Gasteiger partial charge in [-0.2, -0.15) is 0 Å². The number of aryl methyl sites for hydroxylation is 1. The minimum Gasteiger partial charge on any atom is -0.335 e. The maximum absolute atomic E-state index is 13.2. The molecular weight excluding hydrogens is 390 g/mol. The summed E-state index contributed by atoms with van der Waals surface area (Å²) in [6, 6.07) is 16.6. The Hall–Kier alpha value is -3.41. The highest BCUT2D eigenvalue weighted by atomic mass is 16.2. The van der Waals surface area contributed by atoms with Gasteiger partial charge in [-0.05, 0) is 29.7 Å². The number of piperazine rings is 1. The van der Waals surface area contributed by atoms with Gasteiger partial charge < -0.3 is 14.4 Å². The van der Waals surface area contributed by atoms with E-state index in [-0.39, 0.29) is 17.4 Å². The number of benzene rings is 2. The minimum absolute atomic E-state index is 0.0126. The zero-order valence-corrected chi connectivity index (χ0v) is 18.2. The fraction of sp³-hybridized carbons (Fsp3) is 0.320. The van der Waals surface area contributed by atoms with E-state index < -0.39 is 0 Å². The number of aromatic nitrogens is 1. The number of fused-ring (bicyclic) bond motifs is 1. The van der Waals surface area contributed by atoms with Gasteiger partial charge in [-0.3, -0.25) is 14.4 Å². The number of nitrogens with zero attached hydrogens (tertiary/aromatic N) is 3. The van der Waals surface area contributed by atoms with Crippen molar-refractivity contribution in [2.75, 3.05) is 26.2 Å². The number of para-hydroxylation sites is 1. The molecule has 2 amide bonds. The normalized spacial score (nSPS) is 14.3. The molecule has 1 fully saturated rings. The van der Waals surface area contributed by atoms with Crippen molar-refractivity contribution in [2.45, 2.75) is 19.8 Å². The van der Waals surface area contributed by atoms with Gasteiger partial charge in [0.05, 0.1) is 11.1 Å². The summed E-state index contributed by atoms with van der Waals surface area (Å²) in [4.78, 5) is 41.9. The smallest absolute Gasteiger partial charge is 0.254 e. The fourth-order valence-corrected chi connectivity index (χ4v) is 4.06. The molecule has 1 aliphatic rings. The van der Waals surface area contributed by atoms with Gasteiger partial charge in [0.15, 0.2) is 0 Å². The van der Waals surface area contributed by atoms with Crippen LogP contribution in [0.4, 0.5) is 0 Å². The maximum Gasteiger partial charge on any atom is 0.254 e. The summed E-state index contributed by atoms with van der Waals surface area (Å²) in [5, 5.41) is 0.762. The number of carbonyl (C=O) groups excluding carboxylic acids is 2. The molecule has 6 nitrogen and oxygen atoms in total. The monoisotopic (exact) mass is 417 g/mol. The minimum atomic E-state index is -0.208. The Bertz CT molecular complexity index is 1190. The lowest BCUT2D eigenvalue weighted by Gasteiger charge is -2.35. The maximum atomic E-state index is 13.2. The van der Waals surface area contributed by atoms with Crippen molar-refractivity contribution < 1.29 is 9.59 Å². The lowest BCUT2D eigenvalue weighted by atomic mass is 10.0. The van der Waals surface area contributed by atoms with Crippen LogP contribution in [-0.2, 0) is 7.05 Å². The summed E-state index contributed by atoms with van der Waals surface area (Å²) in [5.41, 5.74) is 2.82. The molecule has 0 aliphatic carbocycles. The molecule has 1 aliphatic heterocycles. The Labute approximate surface area is 181 Å². The van der Waals surface area contributed by atoms with Crippen LogP contribution in [0.2, 0.25) is 0 Å². The topological polar surface area (TPSA) is 62.6 Å². The van der Waals surface area contributed by atoms with Crippen LogP contribution >= 0.6 is 0 Å². The molecule has 31 heavy (non-hydrogen) atoms. The average Bonchev–Trinajstić information content (AvgIpc) is 2.80. The van der Waals surface area contributed by atoms with E-state index >= 15 is 0 Å². The summed E-state index contributed by atoms with van der Waals surface area (Å²) in [7, 11) is 1.71. The Morgan fingerprint density at radius 1 is 0.839 bits per heavy atom. The molecule has 0 saturated carbocycles. The van der Waals surface area contributed by atoms with Crippen molar-refractivity contribution in [2.24, 2.45) is 7.05 Å². The standard InChI is InChI=1S/C25H27N3O3/c1-17(2)18-8-10-19(11-9-18)24(30)27-12-14-28(15-13-27)25(31)21-16-23(29)26(3)22-7-5-4-6-20(21)22/h4-11,16-17H,12-15H2,1-3H3. The first-order valence-electron chi connectivity index (χ1n) is 10.6. The van der Waals surface area contributed by atoms with Crippen molar-refractivity contribution in [3.05, 3.63) is 81.6 Å². The first-order chi connectivity index (χ1) is 14.9. The highest BCUT2D eigenvalue weighted by Crippen LogP contribution is 2.20.